The van der Waals surface area contributed by atoms with Crippen LogP contribution in [0.3, 0.4) is 0 Å². The number of nitrogens with zero attached hydrogens (tertiary/aromatic N) is 3. The van der Waals surface area contributed by atoms with Crippen molar-refractivity contribution < 1.29 is 13.2 Å². The quantitative estimate of drug-likeness (QED) is 0.785. The molecule has 0 aliphatic rings. The number of amides is 1. The molecule has 2 rings (SSSR count). The minimum atomic E-state index is -4.19. The highest BCUT2D eigenvalue weighted by Crippen LogP contribution is 2.21. The van der Waals surface area contributed by atoms with Crippen LogP contribution in [0.5, 0.6) is 0 Å². The number of carbonyl (C=O) groups excluding carboxylic acids is 1. The van der Waals surface area contributed by atoms with Crippen molar-refractivity contribution in [3.05, 3.63) is 40.9 Å². The molecule has 0 atom stereocenters. The number of halogens is 1. The van der Waals surface area contributed by atoms with Crippen LogP contribution in [0.25, 0.3) is 0 Å². The number of anilines is 1. The first-order chi connectivity index (χ1) is 11.0. The monoisotopic (exact) mass is 369 g/mol. The molecule has 2 heterocycles. The van der Waals surface area contributed by atoms with Gasteiger partial charge in [0, 0.05) is 11.6 Å². The van der Waals surface area contributed by atoms with E-state index in [4.69, 9.17) is 17.3 Å². The summed E-state index contributed by atoms with van der Waals surface area (Å²) in [4.78, 5) is 24.0. The number of aromatic nitrogens is 3. The summed E-state index contributed by atoms with van der Waals surface area (Å²) >= 11 is 5.99. The van der Waals surface area contributed by atoms with Gasteiger partial charge in [0.15, 0.2) is 5.03 Å². The number of nitrogens with two attached hydrogens (primary N) is 1. The van der Waals surface area contributed by atoms with Gasteiger partial charge in [-0.15, -0.1) is 0 Å². The van der Waals surface area contributed by atoms with Crippen LogP contribution < -0.4 is 10.5 Å². The van der Waals surface area contributed by atoms with Gasteiger partial charge < -0.3 is 5.73 Å². The highest BCUT2D eigenvalue weighted by Gasteiger charge is 2.24. The zero-order valence-electron chi connectivity index (χ0n) is 13.2. The van der Waals surface area contributed by atoms with E-state index in [0.717, 1.165) is 0 Å². The third-order valence-electron chi connectivity index (χ3n) is 2.91. The highest BCUT2D eigenvalue weighted by atomic mass is 35.5. The van der Waals surface area contributed by atoms with Crippen LogP contribution in [0.2, 0.25) is 5.15 Å². The zero-order chi connectivity index (χ0) is 18.1. The van der Waals surface area contributed by atoms with Crippen molar-refractivity contribution in [2.75, 3.05) is 5.73 Å². The van der Waals surface area contributed by atoms with Gasteiger partial charge in [0.05, 0.1) is 5.56 Å². The summed E-state index contributed by atoms with van der Waals surface area (Å²) in [7, 11) is -4.19. The summed E-state index contributed by atoms with van der Waals surface area (Å²) in [5.74, 6) is -0.504. The molecule has 10 heteroatoms. The predicted molar refractivity (Wildman–Crippen MR) is 89.0 cm³/mol. The van der Waals surface area contributed by atoms with Gasteiger partial charge in [-0.1, -0.05) is 38.4 Å². The summed E-state index contributed by atoms with van der Waals surface area (Å²) in [5, 5.41) is -0.512. The number of nitrogens with one attached hydrogen (secondary N) is 1. The Morgan fingerprint density at radius 2 is 1.92 bits per heavy atom. The van der Waals surface area contributed by atoms with Gasteiger partial charge >= 0.3 is 0 Å². The second-order valence-corrected chi connectivity index (χ2v) is 7.97. The van der Waals surface area contributed by atoms with Gasteiger partial charge in [0.25, 0.3) is 15.9 Å². The third kappa shape index (κ3) is 3.98. The molecule has 24 heavy (non-hydrogen) atoms. The van der Waals surface area contributed by atoms with Gasteiger partial charge in [-0.2, -0.15) is 8.42 Å². The van der Waals surface area contributed by atoms with Gasteiger partial charge in [-0.25, -0.2) is 19.7 Å². The van der Waals surface area contributed by atoms with E-state index in [0.29, 0.717) is 5.82 Å². The maximum atomic E-state index is 12.2. The van der Waals surface area contributed by atoms with Gasteiger partial charge in [-0.3, -0.25) is 4.79 Å². The lowest BCUT2D eigenvalue weighted by Crippen LogP contribution is -2.32. The van der Waals surface area contributed by atoms with E-state index in [9.17, 15) is 13.2 Å². The molecule has 0 aromatic carbocycles. The van der Waals surface area contributed by atoms with E-state index in [1.165, 1.54) is 24.4 Å². The fraction of sp³-hybridized carbons (Fsp3) is 0.286. The first kappa shape index (κ1) is 18.1. The second-order valence-electron chi connectivity index (χ2n) is 5.98. The van der Waals surface area contributed by atoms with Crippen LogP contribution in [-0.2, 0) is 15.4 Å². The minimum absolute atomic E-state index is 0.0150. The highest BCUT2D eigenvalue weighted by molar-refractivity contribution is 7.90. The lowest BCUT2D eigenvalue weighted by molar-refractivity contribution is 0.0980. The Balaban J connectivity index is 2.30. The van der Waals surface area contributed by atoms with E-state index < -0.39 is 15.9 Å². The standard InChI is InChI=1S/C14H16ClN5O3S/c1-14(2,3)13-17-7-8(11(15)19-13)12(21)20-24(22,23)10-6-4-5-9(16)18-10/h4-7H,1-3H3,(H2,16,18)(H,20,21). The molecule has 0 bridgehead atoms. The van der Waals surface area contributed by atoms with Crippen LogP contribution in [0.4, 0.5) is 5.82 Å². The van der Waals surface area contributed by atoms with Crippen LogP contribution in [-0.4, -0.2) is 29.3 Å². The van der Waals surface area contributed by atoms with Crippen molar-refractivity contribution in [1.29, 1.82) is 0 Å². The Kier molecular flexibility index (Phi) is 4.77. The van der Waals surface area contributed by atoms with E-state index >= 15 is 0 Å². The molecule has 0 radical (unpaired) electrons. The molecule has 0 aliphatic heterocycles. The molecule has 2 aromatic heterocycles. The molecule has 0 aliphatic carbocycles. The Hall–Kier alpha value is -2.26. The molecule has 1 amide bonds. The first-order valence-electron chi connectivity index (χ1n) is 6.83. The summed E-state index contributed by atoms with van der Waals surface area (Å²) < 4.78 is 26.2. The summed E-state index contributed by atoms with van der Waals surface area (Å²) in [6.45, 7) is 5.65. The van der Waals surface area contributed by atoms with E-state index in [1.807, 2.05) is 25.5 Å². The SMILES string of the molecule is CC(C)(C)c1ncc(C(=O)NS(=O)(=O)c2cccc(N)n2)c(Cl)n1. The molecule has 0 spiro atoms. The molecular formula is C14H16ClN5O3S. The molecule has 0 unspecified atom stereocenters. The molecule has 2 aromatic rings. The van der Waals surface area contributed by atoms with E-state index in [1.54, 1.807) is 0 Å². The minimum Gasteiger partial charge on any atom is -0.384 e. The molecule has 8 nitrogen and oxygen atoms in total. The molecule has 0 saturated carbocycles. The number of rotatable bonds is 3. The second kappa shape index (κ2) is 6.33. The Morgan fingerprint density at radius 3 is 2.46 bits per heavy atom. The van der Waals surface area contributed by atoms with Crippen molar-refractivity contribution >= 4 is 33.3 Å². The third-order valence-corrected chi connectivity index (χ3v) is 4.43. The number of hydrogen-bond donors (Lipinski definition) is 2. The molecule has 3 N–H and O–H groups in total. The number of carbonyl (C=O) groups is 1. The van der Waals surface area contributed by atoms with Crippen molar-refractivity contribution in [3.8, 4) is 0 Å². The van der Waals surface area contributed by atoms with E-state index in [2.05, 4.69) is 15.0 Å². The molecular weight excluding hydrogens is 354 g/mol. The molecule has 128 valence electrons. The predicted octanol–water partition coefficient (Wildman–Crippen LogP) is 1.52. The fourth-order valence-electron chi connectivity index (χ4n) is 1.68. The van der Waals surface area contributed by atoms with Gasteiger partial charge in [0.1, 0.15) is 16.8 Å². The van der Waals surface area contributed by atoms with Crippen molar-refractivity contribution in [2.45, 2.75) is 31.2 Å². The topological polar surface area (TPSA) is 128 Å². The average molecular weight is 370 g/mol. The van der Waals surface area contributed by atoms with E-state index in [-0.39, 0.29) is 27.0 Å². The molecule has 0 fully saturated rings. The van der Waals surface area contributed by atoms with Crippen molar-refractivity contribution in [1.82, 2.24) is 19.7 Å². The number of nitrogen functional groups attached to an aromatic ring is 1. The average Bonchev–Trinajstić information content (AvgIpc) is 2.45. The zero-order valence-corrected chi connectivity index (χ0v) is 14.8. The normalized spacial score (nSPS) is 12.0. The Labute approximate surface area is 144 Å². The molecule has 0 saturated heterocycles. The van der Waals surface area contributed by atoms with Crippen molar-refractivity contribution in [3.63, 3.8) is 0 Å². The summed E-state index contributed by atoms with van der Waals surface area (Å²) in [6.07, 6.45) is 1.19. The Bertz CT molecular complexity index is 894. The van der Waals surface area contributed by atoms with Crippen LogP contribution in [0.1, 0.15) is 37.0 Å². The largest absolute Gasteiger partial charge is 0.384 e. The van der Waals surface area contributed by atoms with Crippen LogP contribution >= 0.6 is 11.6 Å². The first-order valence-corrected chi connectivity index (χ1v) is 8.69. The van der Waals surface area contributed by atoms with Crippen molar-refractivity contribution in [2.24, 2.45) is 0 Å². The smallest absolute Gasteiger partial charge is 0.281 e. The van der Waals surface area contributed by atoms with Crippen LogP contribution in [0, 0.1) is 0 Å². The lowest BCUT2D eigenvalue weighted by Gasteiger charge is -2.16. The number of sulfonamides is 1. The van der Waals surface area contributed by atoms with Gasteiger partial charge in [0.2, 0.25) is 0 Å². The maximum Gasteiger partial charge on any atom is 0.281 e. The number of hydrogen-bond acceptors (Lipinski definition) is 7. The van der Waals surface area contributed by atoms with Crippen LogP contribution in [0.15, 0.2) is 29.4 Å². The summed E-state index contributed by atoms with van der Waals surface area (Å²) in [5.41, 5.74) is 4.93. The number of pyridine rings is 1. The van der Waals surface area contributed by atoms with Gasteiger partial charge in [-0.05, 0) is 12.1 Å². The Morgan fingerprint density at radius 1 is 1.25 bits per heavy atom. The lowest BCUT2D eigenvalue weighted by atomic mass is 9.96. The summed E-state index contributed by atoms with van der Waals surface area (Å²) in [6, 6.07) is 4.05. The maximum absolute atomic E-state index is 12.2. The fourth-order valence-corrected chi connectivity index (χ4v) is 2.84.